The van der Waals surface area contributed by atoms with Gasteiger partial charge in [-0.25, -0.2) is 9.59 Å². The van der Waals surface area contributed by atoms with Gasteiger partial charge in [0.1, 0.15) is 0 Å². The topological polar surface area (TPSA) is 52.6 Å². The maximum atomic E-state index is 12.4. The molecule has 0 N–H and O–H groups in total. The Morgan fingerprint density at radius 2 is 0.633 bits per heavy atom. The molecule has 0 fully saturated rings. The lowest BCUT2D eigenvalue weighted by Gasteiger charge is -2.07. The second kappa shape index (κ2) is 37.8. The number of ether oxygens (including phenoxy) is 2. The predicted octanol–water partition coefficient (Wildman–Crippen LogP) is 14.6. The van der Waals surface area contributed by atoms with E-state index in [2.05, 4.69) is 13.8 Å². The Hall–Kier alpha value is -1.49. The molecule has 286 valence electrons. The Morgan fingerprint density at radius 3 is 0.837 bits per heavy atom. The highest BCUT2D eigenvalue weighted by Crippen LogP contribution is 2.16. The van der Waals surface area contributed by atoms with Crippen LogP contribution in [0.4, 0.5) is 0 Å². The van der Waals surface area contributed by atoms with Gasteiger partial charge in [-0.3, -0.25) is 0 Å². The number of benzene rings is 1. The monoisotopic (exact) mass is 708 g/mol. The van der Waals surface area contributed by atoms with E-state index in [0.29, 0.717) is 24.3 Å². The van der Waals surface area contributed by atoms with Gasteiger partial charge in [0.25, 0.3) is 0 Å². The quantitative estimate of drug-likeness (QED) is 0.0514. The van der Waals surface area contributed by atoms with Crippen LogP contribution in [-0.2, 0) is 9.47 Å². The van der Waals surface area contributed by atoms with Gasteiger partial charge in [-0.1, -0.05) is 206 Å². The van der Waals surface area contributed by atoms with E-state index in [-0.39, 0.29) is 25.2 Å². The number of carbonyl (C=O) groups is 2. The summed E-state index contributed by atoms with van der Waals surface area (Å²) in [6.45, 7) is 5.48. The lowest BCUT2D eigenvalue weighted by Crippen LogP contribution is -2.09. The highest BCUT2D eigenvalue weighted by Gasteiger charge is 2.11. The Morgan fingerprint density at radius 1 is 0.449 bits per heavy atom. The number of unbranched alkanes of at least 4 members (excludes halogenated alkanes) is 30. The number of hydrogen-bond donors (Lipinski definition) is 0. The van der Waals surface area contributed by atoms with Crippen LogP contribution in [0, 0.1) is 0 Å². The Labute approximate surface area is 313 Å². The number of carbonyl (C=O) groups excluding carboxylic acids is 2. The SMILES string of the molecule is CCCCCCCCCCCCCCCCCCOC(=O)c1ccc(C(=O)OCCCCCCCCCCCCCCCCCC)cc1.[2H]S[3H]. The second-order valence-corrected chi connectivity index (χ2v) is 14.5. The molecular formula is C44H80O4S. The van der Waals surface area contributed by atoms with Gasteiger partial charge in [0, 0.05) is 0 Å². The van der Waals surface area contributed by atoms with Gasteiger partial charge in [0.05, 0.1) is 26.6 Å². The molecule has 4 nitrogen and oxygen atoms in total. The summed E-state index contributed by atoms with van der Waals surface area (Å²) in [6.07, 6.45) is 42.5. The zero-order valence-corrected chi connectivity index (χ0v) is 33.2. The minimum atomic E-state index is -0.316. The van der Waals surface area contributed by atoms with Crippen molar-refractivity contribution in [2.45, 2.75) is 219 Å². The van der Waals surface area contributed by atoms with Crippen LogP contribution in [0.5, 0.6) is 0 Å². The second-order valence-electron chi connectivity index (χ2n) is 14.5. The van der Waals surface area contributed by atoms with Gasteiger partial charge in [0.15, 0.2) is 0 Å². The zero-order chi connectivity index (χ0) is 37.3. The van der Waals surface area contributed by atoms with Crippen LogP contribution < -0.4 is 0 Å². The van der Waals surface area contributed by atoms with Gasteiger partial charge in [-0.2, -0.15) is 13.3 Å². The Balaban J connectivity index is 0.00000802. The molecule has 5 heteroatoms. The van der Waals surface area contributed by atoms with E-state index < -0.39 is 0 Å². The lowest BCUT2D eigenvalue weighted by atomic mass is 10.0. The molecule has 1 aromatic carbocycles. The van der Waals surface area contributed by atoms with Crippen molar-refractivity contribution in [2.24, 2.45) is 0 Å². The molecule has 0 heterocycles. The lowest BCUT2D eigenvalue weighted by molar-refractivity contribution is 0.0483. The first-order chi connectivity index (χ1) is 25.1. The summed E-state index contributed by atoms with van der Waals surface area (Å²) >= 11 is 0.250. The van der Waals surface area contributed by atoms with Gasteiger partial charge < -0.3 is 9.47 Å². The molecule has 0 unspecified atom stereocenters. The molecule has 0 aliphatic rings. The number of rotatable bonds is 36. The first-order valence-corrected chi connectivity index (χ1v) is 21.1. The molecule has 0 saturated heterocycles. The van der Waals surface area contributed by atoms with E-state index >= 15 is 0 Å². The molecule has 0 atom stereocenters. The molecule has 0 amide bonds. The van der Waals surface area contributed by atoms with Crippen molar-refractivity contribution in [3.8, 4) is 0 Å². The van der Waals surface area contributed by atoms with E-state index in [1.165, 1.54) is 180 Å². The molecule has 0 radical (unpaired) electrons. The van der Waals surface area contributed by atoms with E-state index in [0.717, 1.165) is 25.7 Å². The summed E-state index contributed by atoms with van der Waals surface area (Å²) in [6, 6.07) is 6.67. The molecule has 0 aromatic heterocycles. The van der Waals surface area contributed by atoms with Crippen LogP contribution >= 0.6 is 13.3 Å². The van der Waals surface area contributed by atoms with Gasteiger partial charge in [0.2, 0.25) is 0 Å². The normalized spacial score (nSPS) is 11.4. The molecule has 0 spiro atoms. The Kier molecular flexibility index (Phi) is 33.7. The summed E-state index contributed by atoms with van der Waals surface area (Å²) in [5.41, 5.74) is 0.974. The van der Waals surface area contributed by atoms with Gasteiger partial charge in [-0.15, -0.1) is 0 Å². The molecule has 0 aliphatic heterocycles. The molecule has 1 rings (SSSR count). The maximum Gasteiger partial charge on any atom is 0.338 e. The molecule has 0 aliphatic carbocycles. The van der Waals surface area contributed by atoms with E-state index in [1.54, 1.807) is 24.3 Å². The Bertz CT molecular complexity index is 798. The van der Waals surface area contributed by atoms with E-state index in [9.17, 15) is 9.59 Å². The van der Waals surface area contributed by atoms with Crippen LogP contribution in [0.2, 0.25) is 0 Å². The third-order valence-corrected chi connectivity index (χ3v) is 9.82. The van der Waals surface area contributed by atoms with Gasteiger partial charge >= 0.3 is 11.9 Å². The third kappa shape index (κ3) is 31.0. The molecule has 1 aromatic rings. The number of esters is 2. The minimum Gasteiger partial charge on any atom is -0.462 e. The van der Waals surface area contributed by atoms with Crippen molar-refractivity contribution >= 4 is 25.2 Å². The van der Waals surface area contributed by atoms with Crippen molar-refractivity contribution in [1.82, 2.24) is 0 Å². The maximum absolute atomic E-state index is 12.4. The van der Waals surface area contributed by atoms with Crippen molar-refractivity contribution in [3.05, 3.63) is 35.4 Å². The molecule has 0 bridgehead atoms. The van der Waals surface area contributed by atoms with Crippen molar-refractivity contribution in [3.63, 3.8) is 0 Å². The van der Waals surface area contributed by atoms with E-state index in [1.807, 2.05) is 0 Å². The van der Waals surface area contributed by atoms with Gasteiger partial charge in [-0.05, 0) is 37.1 Å². The van der Waals surface area contributed by atoms with Crippen molar-refractivity contribution in [1.29, 1.82) is 2.25 Å². The summed E-state index contributed by atoms with van der Waals surface area (Å²) in [5, 5.41) is 0. The summed E-state index contributed by atoms with van der Waals surface area (Å²) < 4.78 is 22.5. The summed E-state index contributed by atoms with van der Waals surface area (Å²) in [5.74, 6) is -0.631. The van der Waals surface area contributed by atoms with Crippen molar-refractivity contribution in [2.75, 3.05) is 13.2 Å². The highest BCUT2D eigenvalue weighted by atomic mass is 32.1. The molecular weight excluding hydrogens is 625 g/mol. The van der Waals surface area contributed by atoms with Crippen LogP contribution in [0.1, 0.15) is 240 Å². The summed E-state index contributed by atoms with van der Waals surface area (Å²) in [7, 11) is 0. The first-order valence-electron chi connectivity index (χ1n) is 21.9. The van der Waals surface area contributed by atoms with Crippen LogP contribution in [-0.4, -0.2) is 27.4 Å². The standard InChI is InChI=1S/C44H78O4.H2S/c1-3-5-7-9-11-13-15-17-19-21-23-25-27-29-31-33-39-47-43(45)41-35-37-42(38-36-41)44(46)48-40-34-32-30-28-26-24-22-20-18-16-14-12-10-8-6-4-2;/h35-38H,3-34,39-40H2,1-2H3;1H2/i/hTD. The molecule has 0 saturated carbocycles. The zero-order valence-electron chi connectivity index (χ0n) is 34.4. The average Bonchev–Trinajstić information content (AvgIpc) is 3.14. The largest absolute Gasteiger partial charge is 0.462 e. The minimum absolute atomic E-state index is 0.250. The number of hydrogen-bond acceptors (Lipinski definition) is 4. The fourth-order valence-corrected chi connectivity index (χ4v) is 6.54. The fraction of sp³-hybridized carbons (Fsp3) is 0.818. The average molecular weight is 708 g/mol. The third-order valence-electron chi connectivity index (χ3n) is 9.82. The fourth-order valence-electron chi connectivity index (χ4n) is 6.54. The van der Waals surface area contributed by atoms with Crippen molar-refractivity contribution < 1.29 is 19.1 Å². The molecule has 49 heavy (non-hydrogen) atoms. The smallest absolute Gasteiger partial charge is 0.338 e. The van der Waals surface area contributed by atoms with Crippen LogP contribution in [0.3, 0.4) is 0 Å². The van der Waals surface area contributed by atoms with Crippen LogP contribution in [0.25, 0.3) is 0 Å². The summed E-state index contributed by atoms with van der Waals surface area (Å²) in [4.78, 5) is 24.8. The first kappa shape index (κ1) is 43.7. The predicted molar refractivity (Wildman–Crippen MR) is 216 cm³/mol. The highest BCUT2D eigenvalue weighted by molar-refractivity contribution is 7.59. The van der Waals surface area contributed by atoms with Crippen LogP contribution in [0.15, 0.2) is 24.3 Å². The van der Waals surface area contributed by atoms with E-state index in [4.69, 9.17) is 11.7 Å².